The first kappa shape index (κ1) is 10.2. The molecule has 78 valence electrons. The molecule has 1 nitrogen and oxygen atoms in total. The molecule has 0 saturated carbocycles. The van der Waals surface area contributed by atoms with Gasteiger partial charge < -0.3 is 0 Å². The molecule has 1 aliphatic rings. The van der Waals surface area contributed by atoms with Gasteiger partial charge in [0.05, 0.1) is 5.69 Å². The molecule has 0 aliphatic carbocycles. The molecule has 2 rings (SSSR count). The van der Waals surface area contributed by atoms with Crippen LogP contribution in [-0.4, -0.2) is 6.21 Å². The molecule has 0 aromatic heterocycles. The van der Waals surface area contributed by atoms with E-state index in [1.807, 2.05) is 12.3 Å². The molecule has 1 heterocycles. The van der Waals surface area contributed by atoms with Gasteiger partial charge in [0.2, 0.25) is 0 Å². The monoisotopic (exact) mass is 199 g/mol. The fourth-order valence-corrected chi connectivity index (χ4v) is 1.85. The molecular weight excluding hydrogens is 182 g/mol. The molecule has 0 atom stereocenters. The quantitative estimate of drug-likeness (QED) is 0.642. The second-order valence-corrected chi connectivity index (χ2v) is 4.28. The Morgan fingerprint density at radius 1 is 1.20 bits per heavy atom. The van der Waals surface area contributed by atoms with E-state index < -0.39 is 0 Å². The Hall–Kier alpha value is -1.37. The number of benzene rings is 1. The first-order chi connectivity index (χ1) is 7.27. The average molecular weight is 199 g/mol. The van der Waals surface area contributed by atoms with Crippen molar-refractivity contribution in [1.82, 2.24) is 0 Å². The van der Waals surface area contributed by atoms with Crippen molar-refractivity contribution in [3.05, 3.63) is 35.4 Å². The van der Waals surface area contributed by atoms with Crippen LogP contribution in [0.2, 0.25) is 0 Å². The molecule has 0 spiro atoms. The third-order valence-corrected chi connectivity index (χ3v) is 2.81. The summed E-state index contributed by atoms with van der Waals surface area (Å²) in [7, 11) is 0. The van der Waals surface area contributed by atoms with E-state index in [1.54, 1.807) is 0 Å². The number of para-hydroxylation sites is 1. The Labute approximate surface area is 91.6 Å². The van der Waals surface area contributed by atoms with Gasteiger partial charge in [-0.3, -0.25) is 4.99 Å². The van der Waals surface area contributed by atoms with Crippen LogP contribution in [0.5, 0.6) is 0 Å². The Kier molecular flexibility index (Phi) is 3.00. The Bertz CT molecular complexity index is 400. The smallest absolute Gasteiger partial charge is 0.0698 e. The number of allylic oxidation sites excluding steroid dienone is 1. The van der Waals surface area contributed by atoms with Gasteiger partial charge in [-0.15, -0.1) is 0 Å². The molecule has 0 radical (unpaired) electrons. The van der Waals surface area contributed by atoms with Crippen LogP contribution in [0.4, 0.5) is 5.69 Å². The maximum atomic E-state index is 4.47. The third-order valence-electron chi connectivity index (χ3n) is 2.81. The largest absolute Gasteiger partial charge is 0.261 e. The van der Waals surface area contributed by atoms with E-state index in [-0.39, 0.29) is 0 Å². The minimum absolute atomic E-state index is 0.629. The van der Waals surface area contributed by atoms with E-state index in [9.17, 15) is 0 Å². The second kappa shape index (κ2) is 4.43. The van der Waals surface area contributed by atoms with Crippen LogP contribution in [0.3, 0.4) is 0 Å². The Balaban J connectivity index is 2.45. The van der Waals surface area contributed by atoms with E-state index in [2.05, 4.69) is 43.1 Å². The molecule has 0 unspecified atom stereocenters. The van der Waals surface area contributed by atoms with Gasteiger partial charge in [-0.05, 0) is 24.8 Å². The van der Waals surface area contributed by atoms with Gasteiger partial charge in [0.1, 0.15) is 0 Å². The average Bonchev–Trinajstić information content (AvgIpc) is 2.18. The minimum atomic E-state index is 0.629. The third kappa shape index (κ3) is 2.35. The highest BCUT2D eigenvalue weighted by Gasteiger charge is 2.06. The summed E-state index contributed by atoms with van der Waals surface area (Å²) in [4.78, 5) is 4.47. The predicted octanol–water partition coefficient (Wildman–Crippen LogP) is 4.22. The van der Waals surface area contributed by atoms with Crippen LogP contribution in [0.25, 0.3) is 6.08 Å². The lowest BCUT2D eigenvalue weighted by atomic mass is 9.95. The summed E-state index contributed by atoms with van der Waals surface area (Å²) in [5.41, 5.74) is 3.86. The van der Waals surface area contributed by atoms with Crippen LogP contribution in [0.1, 0.15) is 32.3 Å². The molecule has 1 aromatic carbocycles. The van der Waals surface area contributed by atoms with E-state index in [0.29, 0.717) is 5.92 Å². The molecule has 0 bridgehead atoms. The Morgan fingerprint density at radius 3 is 2.80 bits per heavy atom. The van der Waals surface area contributed by atoms with Crippen molar-refractivity contribution < 1.29 is 0 Å². The summed E-state index contributed by atoms with van der Waals surface area (Å²) in [6, 6.07) is 8.33. The van der Waals surface area contributed by atoms with Crippen LogP contribution >= 0.6 is 0 Å². The number of fused-ring (bicyclic) bond motifs is 1. The summed E-state index contributed by atoms with van der Waals surface area (Å²) < 4.78 is 0. The van der Waals surface area contributed by atoms with Crippen molar-refractivity contribution in [2.75, 3.05) is 0 Å². The predicted molar refractivity (Wildman–Crippen MR) is 66.6 cm³/mol. The van der Waals surface area contributed by atoms with Gasteiger partial charge in [0, 0.05) is 11.8 Å². The maximum absolute atomic E-state index is 4.47. The van der Waals surface area contributed by atoms with Gasteiger partial charge in [-0.1, -0.05) is 43.7 Å². The summed E-state index contributed by atoms with van der Waals surface area (Å²) in [6.07, 6.45) is 6.53. The zero-order valence-electron chi connectivity index (χ0n) is 9.40. The molecular formula is C14H17N. The van der Waals surface area contributed by atoms with Crippen molar-refractivity contribution in [2.24, 2.45) is 10.9 Å². The summed E-state index contributed by atoms with van der Waals surface area (Å²) in [5, 5.41) is 0. The van der Waals surface area contributed by atoms with Crippen LogP contribution < -0.4 is 0 Å². The number of hydrogen-bond donors (Lipinski definition) is 0. The van der Waals surface area contributed by atoms with Gasteiger partial charge >= 0.3 is 0 Å². The first-order valence-electron chi connectivity index (χ1n) is 5.59. The fraction of sp³-hybridized carbons (Fsp3) is 0.357. The highest BCUT2D eigenvalue weighted by molar-refractivity contribution is 5.73. The van der Waals surface area contributed by atoms with Gasteiger partial charge in [0.15, 0.2) is 0 Å². The number of aliphatic imine (C=N–C) groups is 1. The van der Waals surface area contributed by atoms with E-state index in [0.717, 1.165) is 18.5 Å². The zero-order valence-corrected chi connectivity index (χ0v) is 9.40. The standard InChI is InChI=1S/C14H17N/c1-11(2)12-7-5-9-15-14-8-4-3-6-13(14)10-12/h3-4,6,8-11H,5,7H2,1-2H3/b12-10+,15-9-. The van der Waals surface area contributed by atoms with E-state index >= 15 is 0 Å². The minimum Gasteiger partial charge on any atom is -0.261 e. The van der Waals surface area contributed by atoms with Crippen LogP contribution in [0.15, 0.2) is 34.8 Å². The topological polar surface area (TPSA) is 12.4 Å². The number of nitrogens with zero attached hydrogens (tertiary/aromatic N) is 1. The first-order valence-corrected chi connectivity index (χ1v) is 5.59. The molecule has 0 saturated heterocycles. The van der Waals surface area contributed by atoms with Crippen molar-refractivity contribution in [3.8, 4) is 0 Å². The van der Waals surface area contributed by atoms with Crippen LogP contribution in [0, 0.1) is 5.92 Å². The molecule has 1 aliphatic heterocycles. The number of hydrogen-bond acceptors (Lipinski definition) is 1. The van der Waals surface area contributed by atoms with E-state index in [1.165, 1.54) is 11.1 Å². The van der Waals surface area contributed by atoms with E-state index in [4.69, 9.17) is 0 Å². The summed E-state index contributed by atoms with van der Waals surface area (Å²) in [5.74, 6) is 0.629. The maximum Gasteiger partial charge on any atom is 0.0698 e. The van der Waals surface area contributed by atoms with Crippen molar-refractivity contribution in [1.29, 1.82) is 0 Å². The highest BCUT2D eigenvalue weighted by atomic mass is 14.7. The molecule has 0 fully saturated rings. The van der Waals surface area contributed by atoms with Crippen molar-refractivity contribution in [2.45, 2.75) is 26.7 Å². The van der Waals surface area contributed by atoms with Gasteiger partial charge in [0.25, 0.3) is 0 Å². The molecule has 1 heteroatoms. The summed E-state index contributed by atoms with van der Waals surface area (Å²) >= 11 is 0. The van der Waals surface area contributed by atoms with Gasteiger partial charge in [-0.2, -0.15) is 0 Å². The normalized spacial score (nSPS) is 21.1. The lowest BCUT2D eigenvalue weighted by Gasteiger charge is -2.13. The van der Waals surface area contributed by atoms with Crippen molar-refractivity contribution >= 4 is 18.0 Å². The Morgan fingerprint density at radius 2 is 2.00 bits per heavy atom. The zero-order chi connectivity index (χ0) is 10.7. The molecule has 0 N–H and O–H groups in total. The second-order valence-electron chi connectivity index (χ2n) is 4.28. The highest BCUT2D eigenvalue weighted by Crippen LogP contribution is 2.27. The summed E-state index contributed by atoms with van der Waals surface area (Å²) in [6.45, 7) is 4.51. The van der Waals surface area contributed by atoms with Gasteiger partial charge in [-0.25, -0.2) is 0 Å². The molecule has 1 aromatic rings. The fourth-order valence-electron chi connectivity index (χ4n) is 1.85. The molecule has 0 amide bonds. The number of rotatable bonds is 1. The lowest BCUT2D eigenvalue weighted by Crippen LogP contribution is -1.96. The molecule has 15 heavy (non-hydrogen) atoms. The van der Waals surface area contributed by atoms with Crippen molar-refractivity contribution in [3.63, 3.8) is 0 Å². The SMILES string of the molecule is CC(C)/C1=C/c2ccccc2/N=C\CC1. The lowest BCUT2D eigenvalue weighted by molar-refractivity contribution is 0.728. The van der Waals surface area contributed by atoms with Crippen LogP contribution in [-0.2, 0) is 0 Å².